The van der Waals surface area contributed by atoms with Crippen LogP contribution in [0.2, 0.25) is 5.02 Å². The maximum atomic E-state index is 12.9. The Kier molecular flexibility index (Phi) is 3.01. The Morgan fingerprint density at radius 3 is 2.77 bits per heavy atom. The van der Waals surface area contributed by atoms with Crippen molar-refractivity contribution in [3.8, 4) is 0 Å². The maximum Gasteiger partial charge on any atom is 0.209 e. The van der Waals surface area contributed by atoms with Gasteiger partial charge in [-0.3, -0.25) is 9.78 Å². The van der Waals surface area contributed by atoms with E-state index in [0.717, 1.165) is 24.8 Å². The van der Waals surface area contributed by atoms with E-state index in [4.69, 9.17) is 16.0 Å². The highest BCUT2D eigenvalue weighted by Crippen LogP contribution is 2.46. The van der Waals surface area contributed by atoms with Crippen molar-refractivity contribution in [1.29, 1.82) is 0 Å². The number of benzene rings is 1. The molecule has 4 rings (SSSR count). The molecule has 4 nitrogen and oxygen atoms in total. The van der Waals surface area contributed by atoms with Crippen LogP contribution in [0.1, 0.15) is 35.6 Å². The molecule has 2 heterocycles. The third-order valence-corrected chi connectivity index (χ3v) is 4.53. The van der Waals surface area contributed by atoms with Crippen molar-refractivity contribution >= 4 is 28.5 Å². The SMILES string of the molecule is O=C(c1ccccn1)C1(c2nc3ccc(Cl)cc3o2)CCC1. The number of rotatable bonds is 3. The third-order valence-electron chi connectivity index (χ3n) is 4.30. The minimum absolute atomic E-state index is 0.0167. The van der Waals surface area contributed by atoms with Gasteiger partial charge in [0, 0.05) is 17.3 Å². The average Bonchev–Trinajstić information content (AvgIpc) is 2.90. The minimum atomic E-state index is -0.681. The van der Waals surface area contributed by atoms with Gasteiger partial charge in [0.1, 0.15) is 16.6 Å². The average molecular weight is 313 g/mol. The number of fused-ring (bicyclic) bond motifs is 1. The number of oxazole rings is 1. The monoisotopic (exact) mass is 312 g/mol. The Balaban J connectivity index is 1.81. The fourth-order valence-corrected chi connectivity index (χ4v) is 3.08. The van der Waals surface area contributed by atoms with Gasteiger partial charge in [-0.2, -0.15) is 0 Å². The summed E-state index contributed by atoms with van der Waals surface area (Å²) >= 11 is 5.98. The summed E-state index contributed by atoms with van der Waals surface area (Å²) in [5.74, 6) is 0.462. The molecule has 1 aromatic carbocycles. The number of hydrogen-bond donors (Lipinski definition) is 0. The highest BCUT2D eigenvalue weighted by Gasteiger charge is 2.50. The first kappa shape index (κ1) is 13.5. The normalized spacial score (nSPS) is 16.4. The van der Waals surface area contributed by atoms with Crippen molar-refractivity contribution in [2.45, 2.75) is 24.7 Å². The molecule has 5 heteroatoms. The van der Waals surface area contributed by atoms with Crippen LogP contribution in [0, 0.1) is 0 Å². The summed E-state index contributed by atoms with van der Waals surface area (Å²) in [6.07, 6.45) is 4.09. The molecule has 0 saturated heterocycles. The van der Waals surface area contributed by atoms with Crippen LogP contribution in [0.3, 0.4) is 0 Å². The second kappa shape index (κ2) is 4.92. The second-order valence-corrected chi connectivity index (χ2v) is 6.05. The first-order valence-corrected chi connectivity index (χ1v) is 7.59. The van der Waals surface area contributed by atoms with Gasteiger partial charge in [-0.05, 0) is 37.1 Å². The standard InChI is InChI=1S/C17H13ClN2O2/c18-11-5-6-12-14(10-11)22-16(20-12)17(7-3-8-17)15(21)13-4-1-2-9-19-13/h1-2,4-6,9-10H,3,7-8H2. The second-order valence-electron chi connectivity index (χ2n) is 5.61. The lowest BCUT2D eigenvalue weighted by Crippen LogP contribution is -2.43. The summed E-state index contributed by atoms with van der Waals surface area (Å²) in [4.78, 5) is 21.6. The molecule has 0 bridgehead atoms. The van der Waals surface area contributed by atoms with Gasteiger partial charge in [-0.15, -0.1) is 0 Å². The van der Waals surface area contributed by atoms with Crippen molar-refractivity contribution in [1.82, 2.24) is 9.97 Å². The van der Waals surface area contributed by atoms with Gasteiger partial charge in [-0.1, -0.05) is 24.1 Å². The number of pyridine rings is 1. The van der Waals surface area contributed by atoms with E-state index in [0.29, 0.717) is 22.2 Å². The summed E-state index contributed by atoms with van der Waals surface area (Å²) in [6.45, 7) is 0. The lowest BCUT2D eigenvalue weighted by Gasteiger charge is -2.36. The van der Waals surface area contributed by atoms with Crippen molar-refractivity contribution in [2.75, 3.05) is 0 Å². The molecule has 1 aliphatic rings. The summed E-state index contributed by atoms with van der Waals surface area (Å²) in [5, 5.41) is 0.592. The predicted octanol–water partition coefficient (Wildman–Crippen LogP) is 4.18. The van der Waals surface area contributed by atoms with E-state index in [2.05, 4.69) is 9.97 Å². The summed E-state index contributed by atoms with van der Waals surface area (Å²) in [7, 11) is 0. The number of Topliss-reactive ketones (excluding diaryl/α,β-unsaturated/α-hetero) is 1. The zero-order valence-corrected chi connectivity index (χ0v) is 12.5. The molecule has 1 aliphatic carbocycles. The van der Waals surface area contributed by atoms with E-state index < -0.39 is 5.41 Å². The minimum Gasteiger partial charge on any atom is -0.440 e. The fourth-order valence-electron chi connectivity index (χ4n) is 2.91. The van der Waals surface area contributed by atoms with Crippen molar-refractivity contribution < 1.29 is 9.21 Å². The molecule has 22 heavy (non-hydrogen) atoms. The molecule has 1 saturated carbocycles. The highest BCUT2D eigenvalue weighted by molar-refractivity contribution is 6.31. The van der Waals surface area contributed by atoms with E-state index in [9.17, 15) is 4.79 Å². The van der Waals surface area contributed by atoms with Crippen LogP contribution < -0.4 is 0 Å². The quantitative estimate of drug-likeness (QED) is 0.681. The van der Waals surface area contributed by atoms with Gasteiger partial charge in [0.15, 0.2) is 11.4 Å². The molecule has 110 valence electrons. The molecule has 0 unspecified atom stereocenters. The molecular weight excluding hydrogens is 300 g/mol. The zero-order valence-electron chi connectivity index (χ0n) is 11.8. The number of aromatic nitrogens is 2. The molecule has 3 aromatic rings. The number of hydrogen-bond acceptors (Lipinski definition) is 4. The van der Waals surface area contributed by atoms with Crippen molar-refractivity contribution in [3.63, 3.8) is 0 Å². The molecule has 0 atom stereocenters. The van der Waals surface area contributed by atoms with Crippen LogP contribution >= 0.6 is 11.6 Å². The van der Waals surface area contributed by atoms with Gasteiger partial charge >= 0.3 is 0 Å². The number of carbonyl (C=O) groups excluding carboxylic acids is 1. The molecule has 1 fully saturated rings. The van der Waals surface area contributed by atoms with Crippen LogP contribution in [-0.4, -0.2) is 15.8 Å². The van der Waals surface area contributed by atoms with Gasteiger partial charge < -0.3 is 4.42 Å². The molecule has 0 N–H and O–H groups in total. The van der Waals surface area contributed by atoms with Crippen LogP contribution in [-0.2, 0) is 5.41 Å². The van der Waals surface area contributed by atoms with Crippen molar-refractivity contribution in [3.05, 3.63) is 59.2 Å². The predicted molar refractivity (Wildman–Crippen MR) is 83.1 cm³/mol. The van der Waals surface area contributed by atoms with E-state index in [-0.39, 0.29) is 5.78 Å². The number of ketones is 1. The number of carbonyl (C=O) groups is 1. The molecule has 2 aromatic heterocycles. The van der Waals surface area contributed by atoms with Crippen molar-refractivity contribution in [2.24, 2.45) is 0 Å². The van der Waals surface area contributed by atoms with E-state index in [1.807, 2.05) is 12.1 Å². The lowest BCUT2D eigenvalue weighted by molar-refractivity contribution is 0.0738. The first-order valence-electron chi connectivity index (χ1n) is 7.21. The first-order chi connectivity index (χ1) is 10.7. The molecule has 0 amide bonds. The number of nitrogens with zero attached hydrogens (tertiary/aromatic N) is 2. The zero-order chi connectivity index (χ0) is 15.2. The topological polar surface area (TPSA) is 56.0 Å². The summed E-state index contributed by atoms with van der Waals surface area (Å²) in [6, 6.07) is 10.7. The van der Waals surface area contributed by atoms with E-state index >= 15 is 0 Å². The molecule has 0 radical (unpaired) electrons. The van der Waals surface area contributed by atoms with Crippen LogP contribution in [0.25, 0.3) is 11.1 Å². The van der Waals surface area contributed by atoms with Gasteiger partial charge in [0.05, 0.1) is 0 Å². The summed E-state index contributed by atoms with van der Waals surface area (Å²) in [5.41, 5.74) is 1.12. The Bertz CT molecular complexity index is 853. The van der Waals surface area contributed by atoms with Crippen LogP contribution in [0.15, 0.2) is 47.0 Å². The van der Waals surface area contributed by atoms with Crippen LogP contribution in [0.5, 0.6) is 0 Å². The highest BCUT2D eigenvalue weighted by atomic mass is 35.5. The largest absolute Gasteiger partial charge is 0.440 e. The fraction of sp³-hybridized carbons (Fsp3) is 0.235. The Labute approximate surface area is 132 Å². The molecule has 0 spiro atoms. The Morgan fingerprint density at radius 2 is 2.09 bits per heavy atom. The van der Waals surface area contributed by atoms with Gasteiger partial charge in [0.25, 0.3) is 0 Å². The van der Waals surface area contributed by atoms with Crippen LogP contribution in [0.4, 0.5) is 0 Å². The maximum absolute atomic E-state index is 12.9. The van der Waals surface area contributed by atoms with E-state index in [1.165, 1.54) is 0 Å². The summed E-state index contributed by atoms with van der Waals surface area (Å²) < 4.78 is 5.85. The van der Waals surface area contributed by atoms with Gasteiger partial charge in [0.2, 0.25) is 5.89 Å². The number of halogens is 1. The smallest absolute Gasteiger partial charge is 0.209 e. The Hall–Kier alpha value is -2.20. The Morgan fingerprint density at radius 1 is 1.23 bits per heavy atom. The van der Waals surface area contributed by atoms with E-state index in [1.54, 1.807) is 30.5 Å². The lowest BCUT2D eigenvalue weighted by atomic mass is 9.65. The molecule has 0 aliphatic heterocycles. The third kappa shape index (κ3) is 1.95. The van der Waals surface area contributed by atoms with Gasteiger partial charge in [-0.25, -0.2) is 4.98 Å². The molecular formula is C17H13ClN2O2.